The lowest BCUT2D eigenvalue weighted by molar-refractivity contribution is 0.0941. The first kappa shape index (κ1) is 14.0. The molecule has 0 fully saturated rings. The molecular weight excluding hydrogens is 283 g/mol. The molecule has 0 spiro atoms. The highest BCUT2D eigenvalue weighted by Crippen LogP contribution is 2.23. The average Bonchev–Trinajstić information content (AvgIpc) is 2.87. The molecule has 3 aromatic rings. The summed E-state index contributed by atoms with van der Waals surface area (Å²) in [6.45, 7) is 1.36. The number of para-hydroxylation sites is 1. The van der Waals surface area contributed by atoms with Gasteiger partial charge in [-0.1, -0.05) is 18.2 Å². The lowest BCUT2D eigenvalue weighted by atomic mass is 10.1. The van der Waals surface area contributed by atoms with Gasteiger partial charge in [-0.2, -0.15) is 0 Å². The smallest absolute Gasteiger partial charge is 0.257 e. The second-order valence-corrected chi connectivity index (χ2v) is 4.91. The lowest BCUT2D eigenvalue weighted by Gasteiger charge is -2.03. The molecule has 22 heavy (non-hydrogen) atoms. The highest BCUT2D eigenvalue weighted by Gasteiger charge is 2.17. The first-order valence-electron chi connectivity index (χ1n) is 6.74. The van der Waals surface area contributed by atoms with E-state index in [1.165, 1.54) is 35.9 Å². The normalized spacial score (nSPS) is 10.6. The zero-order valence-corrected chi connectivity index (χ0v) is 11.8. The zero-order valence-electron chi connectivity index (χ0n) is 11.8. The molecule has 0 unspecified atom stereocenters. The third-order valence-corrected chi connectivity index (χ3v) is 3.38. The van der Waals surface area contributed by atoms with Gasteiger partial charge in [0.2, 0.25) is 5.91 Å². The standard InChI is InChI=1S/C17H13FN2O2/c1-11(21)20-10-15(14-8-7-12(18)9-16(14)20)17(22)19-13-5-3-2-4-6-13/h2-10H,1H3,(H,19,22). The van der Waals surface area contributed by atoms with Crippen LogP contribution >= 0.6 is 0 Å². The van der Waals surface area contributed by atoms with E-state index in [0.717, 1.165) is 0 Å². The molecule has 4 nitrogen and oxygen atoms in total. The Hall–Kier alpha value is -2.95. The van der Waals surface area contributed by atoms with Gasteiger partial charge in [0.15, 0.2) is 0 Å². The van der Waals surface area contributed by atoms with Gasteiger partial charge >= 0.3 is 0 Å². The lowest BCUT2D eigenvalue weighted by Crippen LogP contribution is -2.11. The van der Waals surface area contributed by atoms with Crippen LogP contribution in [0.2, 0.25) is 0 Å². The van der Waals surface area contributed by atoms with Gasteiger partial charge in [-0.3, -0.25) is 14.2 Å². The van der Waals surface area contributed by atoms with E-state index in [2.05, 4.69) is 5.32 Å². The number of fused-ring (bicyclic) bond motifs is 1. The molecule has 0 saturated carbocycles. The van der Waals surface area contributed by atoms with Crippen LogP contribution in [0.25, 0.3) is 10.9 Å². The van der Waals surface area contributed by atoms with Crippen LogP contribution in [0.5, 0.6) is 0 Å². The number of halogens is 1. The maximum absolute atomic E-state index is 13.4. The molecule has 1 N–H and O–H groups in total. The summed E-state index contributed by atoms with van der Waals surface area (Å²) in [6.07, 6.45) is 1.44. The number of hydrogen-bond donors (Lipinski definition) is 1. The van der Waals surface area contributed by atoms with Crippen molar-refractivity contribution in [2.24, 2.45) is 0 Å². The summed E-state index contributed by atoms with van der Waals surface area (Å²) in [4.78, 5) is 24.1. The predicted molar refractivity (Wildman–Crippen MR) is 82.6 cm³/mol. The van der Waals surface area contributed by atoms with E-state index in [4.69, 9.17) is 0 Å². The first-order chi connectivity index (χ1) is 10.6. The van der Waals surface area contributed by atoms with Gasteiger partial charge in [0.05, 0.1) is 11.1 Å². The van der Waals surface area contributed by atoms with Crippen molar-refractivity contribution in [2.75, 3.05) is 5.32 Å². The number of hydrogen-bond acceptors (Lipinski definition) is 2. The van der Waals surface area contributed by atoms with Crippen molar-refractivity contribution in [1.29, 1.82) is 0 Å². The minimum Gasteiger partial charge on any atom is -0.322 e. The summed E-state index contributed by atoms with van der Waals surface area (Å²) in [5.41, 5.74) is 1.36. The molecule has 5 heteroatoms. The molecule has 0 bridgehead atoms. The molecule has 1 amide bonds. The van der Waals surface area contributed by atoms with E-state index in [1.54, 1.807) is 12.1 Å². The number of anilines is 1. The highest BCUT2D eigenvalue weighted by atomic mass is 19.1. The Morgan fingerprint density at radius 3 is 2.50 bits per heavy atom. The average molecular weight is 296 g/mol. The van der Waals surface area contributed by atoms with Crippen molar-refractivity contribution < 1.29 is 14.0 Å². The molecule has 0 aliphatic rings. The second kappa shape index (κ2) is 5.44. The van der Waals surface area contributed by atoms with Crippen molar-refractivity contribution in [2.45, 2.75) is 6.92 Å². The minimum absolute atomic E-state index is 0.283. The fourth-order valence-electron chi connectivity index (χ4n) is 2.36. The van der Waals surface area contributed by atoms with Crippen LogP contribution in [0.15, 0.2) is 54.7 Å². The summed E-state index contributed by atoms with van der Waals surface area (Å²) in [5, 5.41) is 3.29. The van der Waals surface area contributed by atoms with Crippen molar-refractivity contribution in [3.05, 3.63) is 66.1 Å². The van der Waals surface area contributed by atoms with Crippen LogP contribution in [0.1, 0.15) is 22.1 Å². The Labute approximate surface area is 126 Å². The highest BCUT2D eigenvalue weighted by molar-refractivity contribution is 6.14. The summed E-state index contributed by atoms with van der Waals surface area (Å²) in [7, 11) is 0. The molecular formula is C17H13FN2O2. The Morgan fingerprint density at radius 2 is 1.82 bits per heavy atom. The van der Waals surface area contributed by atoms with Gasteiger partial charge in [0, 0.05) is 24.2 Å². The number of carbonyl (C=O) groups is 2. The van der Waals surface area contributed by atoms with Gasteiger partial charge in [-0.25, -0.2) is 4.39 Å². The summed E-state index contributed by atoms with van der Waals surface area (Å²) >= 11 is 0. The van der Waals surface area contributed by atoms with E-state index in [1.807, 2.05) is 18.2 Å². The summed E-state index contributed by atoms with van der Waals surface area (Å²) in [6, 6.07) is 13.0. The largest absolute Gasteiger partial charge is 0.322 e. The molecule has 0 saturated heterocycles. The number of aromatic nitrogens is 1. The SMILES string of the molecule is CC(=O)n1cc(C(=O)Nc2ccccc2)c2ccc(F)cc21. The van der Waals surface area contributed by atoms with Gasteiger partial charge in [-0.15, -0.1) is 0 Å². The van der Waals surface area contributed by atoms with E-state index in [9.17, 15) is 14.0 Å². The van der Waals surface area contributed by atoms with Crippen molar-refractivity contribution in [3.63, 3.8) is 0 Å². The van der Waals surface area contributed by atoms with Gasteiger partial charge in [0.1, 0.15) is 5.82 Å². The Morgan fingerprint density at radius 1 is 1.09 bits per heavy atom. The maximum atomic E-state index is 13.4. The van der Waals surface area contributed by atoms with Crippen LogP contribution in [0.4, 0.5) is 10.1 Å². The Bertz CT molecular complexity index is 869. The fraction of sp³-hybridized carbons (Fsp3) is 0.0588. The summed E-state index contributed by atoms with van der Waals surface area (Å²) < 4.78 is 14.7. The number of amides is 1. The number of benzene rings is 2. The molecule has 1 aromatic heterocycles. The van der Waals surface area contributed by atoms with Crippen molar-refractivity contribution in [3.8, 4) is 0 Å². The molecule has 0 radical (unpaired) electrons. The van der Waals surface area contributed by atoms with Crippen molar-refractivity contribution >= 4 is 28.4 Å². The number of nitrogens with zero attached hydrogens (tertiary/aromatic N) is 1. The van der Waals surface area contributed by atoms with Gasteiger partial charge in [0.25, 0.3) is 5.91 Å². The van der Waals surface area contributed by atoms with Crippen LogP contribution in [0.3, 0.4) is 0 Å². The third-order valence-electron chi connectivity index (χ3n) is 3.38. The Balaban J connectivity index is 2.07. The van der Waals surface area contributed by atoms with Crippen LogP contribution in [-0.2, 0) is 0 Å². The first-order valence-corrected chi connectivity index (χ1v) is 6.74. The molecule has 1 heterocycles. The molecule has 0 aliphatic carbocycles. The monoisotopic (exact) mass is 296 g/mol. The molecule has 0 atom stereocenters. The van der Waals surface area contributed by atoms with E-state index in [0.29, 0.717) is 22.2 Å². The van der Waals surface area contributed by atoms with E-state index < -0.39 is 5.82 Å². The topological polar surface area (TPSA) is 51.1 Å². The third kappa shape index (κ3) is 2.48. The quantitative estimate of drug-likeness (QED) is 0.784. The molecule has 0 aliphatic heterocycles. The fourth-order valence-corrected chi connectivity index (χ4v) is 2.36. The van der Waals surface area contributed by atoms with Crippen molar-refractivity contribution in [1.82, 2.24) is 4.57 Å². The van der Waals surface area contributed by atoms with Crippen LogP contribution in [0, 0.1) is 5.82 Å². The van der Waals surface area contributed by atoms with Gasteiger partial charge in [-0.05, 0) is 30.3 Å². The minimum atomic E-state index is -0.455. The zero-order chi connectivity index (χ0) is 15.7. The van der Waals surface area contributed by atoms with Gasteiger partial charge < -0.3 is 5.32 Å². The predicted octanol–water partition coefficient (Wildman–Crippen LogP) is 3.69. The van der Waals surface area contributed by atoms with E-state index >= 15 is 0 Å². The maximum Gasteiger partial charge on any atom is 0.257 e. The molecule has 3 rings (SSSR count). The second-order valence-electron chi connectivity index (χ2n) is 4.91. The van der Waals surface area contributed by atoms with Crippen LogP contribution in [-0.4, -0.2) is 16.4 Å². The number of carbonyl (C=O) groups excluding carboxylic acids is 2. The Kier molecular flexibility index (Phi) is 3.47. The van der Waals surface area contributed by atoms with E-state index in [-0.39, 0.29) is 11.8 Å². The summed E-state index contributed by atoms with van der Waals surface area (Å²) in [5.74, 6) is -1.08. The molecule has 110 valence electrons. The molecule has 2 aromatic carbocycles. The van der Waals surface area contributed by atoms with Crippen LogP contribution < -0.4 is 5.32 Å². The number of rotatable bonds is 2. The number of nitrogens with one attached hydrogen (secondary N) is 1.